The van der Waals surface area contributed by atoms with Crippen LogP contribution in [0.1, 0.15) is 13.8 Å². The lowest BCUT2D eigenvalue weighted by atomic mass is 10.0. The summed E-state index contributed by atoms with van der Waals surface area (Å²) >= 11 is 0. The largest absolute Gasteiger partial charge is 0.400 e. The van der Waals surface area contributed by atoms with Crippen molar-refractivity contribution in [2.45, 2.75) is 19.4 Å². The Labute approximate surface area is 151 Å². The van der Waals surface area contributed by atoms with Gasteiger partial charge in [0.2, 0.25) is 5.91 Å². The van der Waals surface area contributed by atoms with Crippen LogP contribution in [-0.2, 0) is 4.79 Å². The highest BCUT2D eigenvalue weighted by Gasteiger charge is 2.31. The normalized spacial score (nSPS) is 16.8. The summed E-state index contributed by atoms with van der Waals surface area (Å²) in [6, 6.07) is 7.33. The summed E-state index contributed by atoms with van der Waals surface area (Å²) in [5.41, 5.74) is 14.2. The van der Waals surface area contributed by atoms with Crippen LogP contribution in [0.5, 0.6) is 0 Å². The number of nitrogens with one attached hydrogen (secondary N) is 2. The Bertz CT molecular complexity index is 958. The second-order valence-corrected chi connectivity index (χ2v) is 6.63. The number of hydrogen-bond acceptors (Lipinski definition) is 5. The van der Waals surface area contributed by atoms with Crippen molar-refractivity contribution in [2.75, 3.05) is 11.9 Å². The van der Waals surface area contributed by atoms with Crippen LogP contribution < -0.4 is 22.1 Å². The maximum absolute atomic E-state index is 11.5. The molecule has 2 aromatic rings. The van der Waals surface area contributed by atoms with Crippen LogP contribution in [0.15, 0.2) is 59.4 Å². The molecule has 0 radical (unpaired) electrons. The number of aromatic nitrogens is 1. The van der Waals surface area contributed by atoms with Gasteiger partial charge in [-0.3, -0.25) is 4.79 Å². The second kappa shape index (κ2) is 6.61. The molecule has 1 amide bonds. The zero-order valence-electron chi connectivity index (χ0n) is 14.8. The molecule has 0 atom stereocenters. The van der Waals surface area contributed by atoms with Gasteiger partial charge in [-0.25, -0.2) is 9.98 Å². The van der Waals surface area contributed by atoms with E-state index in [1.165, 1.54) is 6.08 Å². The van der Waals surface area contributed by atoms with E-state index in [0.717, 1.165) is 16.3 Å². The highest BCUT2D eigenvalue weighted by molar-refractivity contribution is 6.04. The Morgan fingerprint density at radius 3 is 2.85 bits per heavy atom. The molecule has 7 nitrogen and oxygen atoms in total. The van der Waals surface area contributed by atoms with E-state index in [2.05, 4.69) is 27.2 Å². The number of benzene rings is 1. The highest BCUT2D eigenvalue weighted by atomic mass is 16.1. The number of anilines is 1. The molecule has 7 heteroatoms. The van der Waals surface area contributed by atoms with E-state index in [0.29, 0.717) is 29.6 Å². The standard InChI is InChI=1S/C19H22N6O/c1-4-15(26)24-12-5-6-13-11(9-12)7-8-22-18(13)25-17(21)14-10-23-19(2,3)16(14)20/h4-9,23H,1,10,20H2,2-3H3,(H,24,26)(H2,21,22,25). The molecule has 0 aliphatic carbocycles. The summed E-state index contributed by atoms with van der Waals surface area (Å²) in [4.78, 5) is 20.3. The van der Waals surface area contributed by atoms with Crippen LogP contribution in [0.3, 0.4) is 0 Å². The van der Waals surface area contributed by atoms with Crippen molar-refractivity contribution in [1.82, 2.24) is 10.3 Å². The van der Waals surface area contributed by atoms with Gasteiger partial charge in [-0.1, -0.05) is 6.58 Å². The van der Waals surface area contributed by atoms with Crippen LogP contribution in [-0.4, -0.2) is 28.8 Å². The predicted molar refractivity (Wildman–Crippen MR) is 105 cm³/mol. The summed E-state index contributed by atoms with van der Waals surface area (Å²) in [7, 11) is 0. The number of carbonyl (C=O) groups is 1. The van der Waals surface area contributed by atoms with Crippen LogP contribution in [0.4, 0.5) is 11.5 Å². The van der Waals surface area contributed by atoms with Crippen molar-refractivity contribution < 1.29 is 4.79 Å². The first kappa shape index (κ1) is 17.6. The maximum Gasteiger partial charge on any atom is 0.247 e. The molecule has 0 bridgehead atoms. The van der Waals surface area contributed by atoms with Gasteiger partial charge in [-0.15, -0.1) is 0 Å². The first-order valence-electron chi connectivity index (χ1n) is 8.22. The number of fused-ring (bicyclic) bond motifs is 1. The third-order valence-electron chi connectivity index (χ3n) is 4.44. The van der Waals surface area contributed by atoms with Crippen molar-refractivity contribution in [1.29, 1.82) is 0 Å². The van der Waals surface area contributed by atoms with Crippen molar-refractivity contribution in [3.8, 4) is 0 Å². The molecule has 2 heterocycles. The molecule has 0 fully saturated rings. The molecule has 0 saturated heterocycles. The van der Waals surface area contributed by atoms with E-state index in [1.807, 2.05) is 32.0 Å². The Morgan fingerprint density at radius 1 is 1.42 bits per heavy atom. The number of pyridine rings is 1. The minimum atomic E-state index is -0.306. The smallest absolute Gasteiger partial charge is 0.247 e. The summed E-state index contributed by atoms with van der Waals surface area (Å²) < 4.78 is 0. The lowest BCUT2D eigenvalue weighted by Crippen LogP contribution is -2.38. The van der Waals surface area contributed by atoms with Crippen LogP contribution in [0.25, 0.3) is 10.8 Å². The summed E-state index contributed by atoms with van der Waals surface area (Å²) in [5.74, 6) is 0.593. The Balaban J connectivity index is 1.99. The summed E-state index contributed by atoms with van der Waals surface area (Å²) in [6.07, 6.45) is 2.88. The first-order valence-corrected chi connectivity index (χ1v) is 8.22. The first-order chi connectivity index (χ1) is 12.3. The topological polar surface area (TPSA) is 118 Å². The van der Waals surface area contributed by atoms with E-state index in [-0.39, 0.29) is 11.4 Å². The van der Waals surface area contributed by atoms with Gasteiger partial charge in [-0.05, 0) is 49.6 Å². The number of carbonyl (C=O) groups excluding carboxylic acids is 1. The van der Waals surface area contributed by atoms with Gasteiger partial charge in [0.1, 0.15) is 5.84 Å². The second-order valence-electron chi connectivity index (χ2n) is 6.63. The fourth-order valence-electron chi connectivity index (χ4n) is 2.81. The molecule has 134 valence electrons. The molecule has 1 aliphatic heterocycles. The zero-order valence-corrected chi connectivity index (χ0v) is 14.8. The molecule has 0 spiro atoms. The minimum Gasteiger partial charge on any atom is -0.400 e. The van der Waals surface area contributed by atoms with Gasteiger partial charge in [-0.2, -0.15) is 0 Å². The highest BCUT2D eigenvalue weighted by Crippen LogP contribution is 2.28. The molecule has 6 N–H and O–H groups in total. The van der Waals surface area contributed by atoms with Gasteiger partial charge in [0.15, 0.2) is 5.82 Å². The predicted octanol–water partition coefficient (Wildman–Crippen LogP) is 1.94. The molecule has 3 rings (SSSR count). The number of nitrogens with two attached hydrogens (primary N) is 2. The van der Waals surface area contributed by atoms with E-state index in [1.54, 1.807) is 12.3 Å². The lowest BCUT2D eigenvalue weighted by molar-refractivity contribution is -0.111. The van der Waals surface area contributed by atoms with Gasteiger partial charge in [0.05, 0.1) is 5.54 Å². The quantitative estimate of drug-likeness (QED) is 0.382. The fraction of sp³-hybridized carbons (Fsp3) is 0.211. The third-order valence-corrected chi connectivity index (χ3v) is 4.44. The number of hydrogen-bond donors (Lipinski definition) is 4. The van der Waals surface area contributed by atoms with E-state index < -0.39 is 0 Å². The van der Waals surface area contributed by atoms with E-state index >= 15 is 0 Å². The maximum atomic E-state index is 11.5. The van der Waals surface area contributed by atoms with Crippen molar-refractivity contribution in [3.63, 3.8) is 0 Å². The Hall–Kier alpha value is -3.19. The molecular weight excluding hydrogens is 328 g/mol. The average Bonchev–Trinajstić information content (AvgIpc) is 2.88. The fourth-order valence-corrected chi connectivity index (χ4v) is 2.81. The van der Waals surface area contributed by atoms with Gasteiger partial charge >= 0.3 is 0 Å². The SMILES string of the molecule is C=CC(=O)Nc1ccc2c(N=C(N)C3=C(N)C(C)(C)NC3)nccc2c1. The average molecular weight is 350 g/mol. The molecule has 1 aromatic heterocycles. The minimum absolute atomic E-state index is 0.264. The Kier molecular flexibility index (Phi) is 4.48. The molecule has 1 aromatic carbocycles. The Morgan fingerprint density at radius 2 is 2.19 bits per heavy atom. The molecular formula is C19H22N6O. The number of aliphatic imine (C=N–C) groups is 1. The number of amidine groups is 1. The lowest BCUT2D eigenvalue weighted by Gasteiger charge is -2.19. The van der Waals surface area contributed by atoms with Crippen molar-refractivity contribution in [2.24, 2.45) is 16.5 Å². The summed E-state index contributed by atoms with van der Waals surface area (Å²) in [6.45, 7) is 8.01. The number of nitrogens with zero attached hydrogens (tertiary/aromatic N) is 2. The van der Waals surface area contributed by atoms with Crippen molar-refractivity contribution in [3.05, 3.63) is 54.4 Å². The van der Waals surface area contributed by atoms with Crippen LogP contribution in [0.2, 0.25) is 0 Å². The molecule has 0 unspecified atom stereocenters. The molecule has 1 aliphatic rings. The molecule has 26 heavy (non-hydrogen) atoms. The van der Waals surface area contributed by atoms with Crippen molar-refractivity contribution >= 4 is 34.0 Å². The summed E-state index contributed by atoms with van der Waals surface area (Å²) in [5, 5.41) is 7.75. The van der Waals surface area contributed by atoms with Crippen LogP contribution >= 0.6 is 0 Å². The number of amides is 1. The monoisotopic (exact) mass is 350 g/mol. The molecule has 0 saturated carbocycles. The zero-order chi connectivity index (χ0) is 18.9. The third kappa shape index (κ3) is 3.29. The van der Waals surface area contributed by atoms with E-state index in [9.17, 15) is 4.79 Å². The van der Waals surface area contributed by atoms with E-state index in [4.69, 9.17) is 11.5 Å². The number of rotatable bonds is 4. The van der Waals surface area contributed by atoms with Crippen LogP contribution in [0, 0.1) is 0 Å². The van der Waals surface area contributed by atoms with Gasteiger partial charge < -0.3 is 22.1 Å². The van der Waals surface area contributed by atoms with Gasteiger partial charge in [0, 0.05) is 35.1 Å². The van der Waals surface area contributed by atoms with Gasteiger partial charge in [0.25, 0.3) is 0 Å².